The van der Waals surface area contributed by atoms with Crippen LogP contribution in [0.25, 0.3) is 0 Å². The van der Waals surface area contributed by atoms with E-state index in [1.165, 1.54) is 6.92 Å². The van der Waals surface area contributed by atoms with Gasteiger partial charge in [0.2, 0.25) is 0 Å². The third-order valence-electron chi connectivity index (χ3n) is 2.27. The predicted octanol–water partition coefficient (Wildman–Crippen LogP) is -0.239. The van der Waals surface area contributed by atoms with E-state index in [9.17, 15) is 9.59 Å². The molecule has 0 aromatic heterocycles. The summed E-state index contributed by atoms with van der Waals surface area (Å²) in [6.07, 6.45) is 1.77. The van der Waals surface area contributed by atoms with Crippen LogP contribution in [0.4, 0.5) is 0 Å². The average molecular weight is 218 g/mol. The summed E-state index contributed by atoms with van der Waals surface area (Å²) >= 11 is 0. The molecule has 0 rings (SSSR count). The van der Waals surface area contributed by atoms with E-state index < -0.39 is 23.5 Å². The monoisotopic (exact) mass is 218 g/mol. The zero-order chi connectivity index (χ0) is 12.1. The molecule has 0 amide bonds. The molecule has 88 valence electrons. The third kappa shape index (κ3) is 5.34. The summed E-state index contributed by atoms with van der Waals surface area (Å²) in [6.45, 7) is 1.44. The van der Waals surface area contributed by atoms with Crippen molar-refractivity contribution in [1.29, 1.82) is 0 Å². The summed E-state index contributed by atoms with van der Waals surface area (Å²) in [7, 11) is 0. The number of carboxylic acid groups (broad SMARTS) is 2. The number of unbranched alkanes of at least 4 members (excludes halogenated alkanes) is 1. The fourth-order valence-corrected chi connectivity index (χ4v) is 1.09. The van der Waals surface area contributed by atoms with Gasteiger partial charge in [-0.05, 0) is 19.8 Å². The highest BCUT2D eigenvalue weighted by Crippen LogP contribution is 2.12. The molecule has 0 heterocycles. The van der Waals surface area contributed by atoms with Crippen LogP contribution >= 0.6 is 0 Å². The summed E-state index contributed by atoms with van der Waals surface area (Å²) < 4.78 is 0. The molecule has 6 N–H and O–H groups in total. The van der Waals surface area contributed by atoms with Gasteiger partial charge in [-0.2, -0.15) is 0 Å². The smallest absolute Gasteiger partial charge is 0.323 e. The molecule has 0 fully saturated rings. The van der Waals surface area contributed by atoms with Crippen molar-refractivity contribution in [3.8, 4) is 0 Å². The van der Waals surface area contributed by atoms with Gasteiger partial charge in [0.05, 0.1) is 0 Å². The van der Waals surface area contributed by atoms with Crippen molar-refractivity contribution in [3.05, 3.63) is 0 Å². The lowest BCUT2D eigenvalue weighted by molar-refractivity contribution is -0.143. The number of carboxylic acids is 2. The van der Waals surface area contributed by atoms with Crippen molar-refractivity contribution >= 4 is 11.9 Å². The number of carbonyl (C=O) groups is 2. The summed E-state index contributed by atoms with van der Waals surface area (Å²) in [4.78, 5) is 21.0. The maximum Gasteiger partial charge on any atom is 0.323 e. The Morgan fingerprint density at radius 2 is 1.87 bits per heavy atom. The fraction of sp³-hybridized carbons (Fsp3) is 0.778. The Labute approximate surface area is 88.3 Å². The lowest BCUT2D eigenvalue weighted by Crippen LogP contribution is -2.44. The summed E-state index contributed by atoms with van der Waals surface area (Å²) in [5.41, 5.74) is 9.53. The highest BCUT2D eigenvalue weighted by molar-refractivity contribution is 5.77. The minimum absolute atomic E-state index is 0.314. The Hall–Kier alpha value is -1.14. The number of hydrogen-bond donors (Lipinski definition) is 4. The highest BCUT2D eigenvalue weighted by Gasteiger charge is 2.26. The Balaban J connectivity index is 3.72. The molecule has 0 unspecified atom stereocenters. The zero-order valence-corrected chi connectivity index (χ0v) is 8.77. The van der Waals surface area contributed by atoms with Crippen molar-refractivity contribution in [2.45, 2.75) is 44.2 Å². The van der Waals surface area contributed by atoms with Gasteiger partial charge in [-0.1, -0.05) is 12.8 Å². The molecule has 2 atom stereocenters. The average Bonchev–Trinajstić information content (AvgIpc) is 2.11. The second-order valence-corrected chi connectivity index (χ2v) is 3.91. The van der Waals surface area contributed by atoms with Crippen molar-refractivity contribution in [3.63, 3.8) is 0 Å². The standard InChI is InChI=1S/C9H18N2O4/c1-9(11,8(14)15)5-3-2-4-6(10)7(12)13/h6H,2-5,10-11H2,1H3,(H,12,13)(H,14,15)/t6-,9-/m1/s1. The molecule has 0 aromatic carbocycles. The van der Waals surface area contributed by atoms with Crippen molar-refractivity contribution < 1.29 is 19.8 Å². The first-order chi connectivity index (χ1) is 6.77. The Bertz CT molecular complexity index is 240. The first-order valence-electron chi connectivity index (χ1n) is 4.78. The van der Waals surface area contributed by atoms with E-state index in [4.69, 9.17) is 21.7 Å². The van der Waals surface area contributed by atoms with Crippen molar-refractivity contribution in [1.82, 2.24) is 0 Å². The third-order valence-corrected chi connectivity index (χ3v) is 2.27. The van der Waals surface area contributed by atoms with Crippen molar-refractivity contribution in [2.75, 3.05) is 0 Å². The minimum atomic E-state index is -1.24. The van der Waals surface area contributed by atoms with Gasteiger partial charge in [-0.3, -0.25) is 9.59 Å². The summed E-state index contributed by atoms with van der Waals surface area (Å²) in [5, 5.41) is 17.2. The van der Waals surface area contributed by atoms with E-state index in [0.29, 0.717) is 25.7 Å². The maximum atomic E-state index is 10.6. The van der Waals surface area contributed by atoms with Crippen LogP contribution < -0.4 is 11.5 Å². The Kier molecular flexibility index (Phi) is 5.24. The van der Waals surface area contributed by atoms with E-state index in [0.717, 1.165) is 0 Å². The van der Waals surface area contributed by atoms with Crippen LogP contribution in [-0.2, 0) is 9.59 Å². The lowest BCUT2D eigenvalue weighted by atomic mass is 9.95. The van der Waals surface area contributed by atoms with E-state index >= 15 is 0 Å². The molecule has 0 saturated heterocycles. The van der Waals surface area contributed by atoms with Gasteiger partial charge in [-0.25, -0.2) is 0 Å². The molecule has 0 radical (unpaired) electrons. The quantitative estimate of drug-likeness (QED) is 0.437. The second kappa shape index (κ2) is 5.67. The predicted molar refractivity (Wildman–Crippen MR) is 54.3 cm³/mol. The number of hydrogen-bond acceptors (Lipinski definition) is 4. The van der Waals surface area contributed by atoms with E-state index in [1.54, 1.807) is 0 Å². The molecule has 0 spiro atoms. The lowest BCUT2D eigenvalue weighted by Gasteiger charge is -2.18. The largest absolute Gasteiger partial charge is 0.480 e. The van der Waals surface area contributed by atoms with Gasteiger partial charge in [0, 0.05) is 0 Å². The van der Waals surface area contributed by atoms with Crippen LogP contribution in [0.2, 0.25) is 0 Å². The molecule has 0 saturated carbocycles. The molecule has 0 aliphatic carbocycles. The topological polar surface area (TPSA) is 127 Å². The van der Waals surface area contributed by atoms with Crippen LogP contribution in [0.1, 0.15) is 32.6 Å². The van der Waals surface area contributed by atoms with Gasteiger partial charge in [-0.15, -0.1) is 0 Å². The van der Waals surface area contributed by atoms with Gasteiger partial charge in [0.1, 0.15) is 11.6 Å². The zero-order valence-electron chi connectivity index (χ0n) is 8.77. The Morgan fingerprint density at radius 1 is 1.33 bits per heavy atom. The fourth-order valence-electron chi connectivity index (χ4n) is 1.09. The van der Waals surface area contributed by atoms with E-state index in [2.05, 4.69) is 0 Å². The van der Waals surface area contributed by atoms with E-state index in [-0.39, 0.29) is 0 Å². The first kappa shape index (κ1) is 13.9. The first-order valence-corrected chi connectivity index (χ1v) is 4.78. The second-order valence-electron chi connectivity index (χ2n) is 3.91. The van der Waals surface area contributed by atoms with Gasteiger partial charge in [0.15, 0.2) is 0 Å². The van der Waals surface area contributed by atoms with Gasteiger partial charge >= 0.3 is 11.9 Å². The minimum Gasteiger partial charge on any atom is -0.480 e. The highest BCUT2D eigenvalue weighted by atomic mass is 16.4. The number of rotatable bonds is 7. The number of aliphatic carboxylic acids is 2. The van der Waals surface area contributed by atoms with Crippen LogP contribution in [0.15, 0.2) is 0 Å². The Morgan fingerprint density at radius 3 is 2.27 bits per heavy atom. The molecule has 6 nitrogen and oxygen atoms in total. The molecular weight excluding hydrogens is 200 g/mol. The maximum absolute atomic E-state index is 10.6. The SMILES string of the molecule is C[C@@](N)(CCCC[C@@H](N)C(=O)O)C(=O)O. The van der Waals surface area contributed by atoms with Crippen LogP contribution in [-0.4, -0.2) is 33.7 Å². The summed E-state index contributed by atoms with van der Waals surface area (Å²) in [6, 6.07) is -0.876. The summed E-state index contributed by atoms with van der Waals surface area (Å²) in [5.74, 6) is -2.09. The van der Waals surface area contributed by atoms with Crippen LogP contribution in [0, 0.1) is 0 Å². The molecule has 15 heavy (non-hydrogen) atoms. The molecular formula is C9H18N2O4. The molecule has 0 bridgehead atoms. The molecule has 6 heteroatoms. The van der Waals surface area contributed by atoms with E-state index in [1.807, 2.05) is 0 Å². The molecule has 0 aromatic rings. The van der Waals surface area contributed by atoms with Crippen LogP contribution in [0.3, 0.4) is 0 Å². The number of nitrogens with two attached hydrogens (primary N) is 2. The van der Waals surface area contributed by atoms with Crippen LogP contribution in [0.5, 0.6) is 0 Å². The normalized spacial score (nSPS) is 16.7. The van der Waals surface area contributed by atoms with Gasteiger partial charge in [0.25, 0.3) is 0 Å². The molecule has 0 aliphatic rings. The van der Waals surface area contributed by atoms with Crippen molar-refractivity contribution in [2.24, 2.45) is 11.5 Å². The molecule has 0 aliphatic heterocycles. The van der Waals surface area contributed by atoms with Gasteiger partial charge < -0.3 is 21.7 Å².